The smallest absolute Gasteiger partial charge is 0.237 e. The molecule has 0 spiro atoms. The molecular formula is C21H21FN4OS. The topological polar surface area (TPSA) is 51.0 Å². The second-order valence-corrected chi connectivity index (χ2v) is 6.92. The molecule has 144 valence electrons. The summed E-state index contributed by atoms with van der Waals surface area (Å²) < 4.78 is 15.1. The first-order valence-electron chi connectivity index (χ1n) is 8.92. The van der Waals surface area contributed by atoms with Crippen LogP contribution in [-0.4, -0.2) is 33.0 Å². The number of aromatic nitrogens is 3. The van der Waals surface area contributed by atoms with Crippen molar-refractivity contribution >= 4 is 23.4 Å². The molecule has 0 saturated carbocycles. The van der Waals surface area contributed by atoms with Crippen molar-refractivity contribution in [2.45, 2.75) is 18.6 Å². The summed E-state index contributed by atoms with van der Waals surface area (Å²) in [5.41, 5.74) is 1.63. The van der Waals surface area contributed by atoms with Gasteiger partial charge in [-0.2, -0.15) is 0 Å². The maximum atomic E-state index is 13.2. The molecule has 0 unspecified atom stereocenters. The molecule has 2 aromatic carbocycles. The van der Waals surface area contributed by atoms with Gasteiger partial charge in [0.15, 0.2) is 11.0 Å². The number of amides is 1. The summed E-state index contributed by atoms with van der Waals surface area (Å²) in [7, 11) is 0. The average molecular weight is 396 g/mol. The van der Waals surface area contributed by atoms with Gasteiger partial charge in [0, 0.05) is 24.3 Å². The molecule has 0 radical (unpaired) electrons. The largest absolute Gasteiger partial charge is 0.312 e. The second kappa shape index (κ2) is 9.32. The Balaban J connectivity index is 1.77. The van der Waals surface area contributed by atoms with Crippen molar-refractivity contribution in [2.75, 3.05) is 17.2 Å². The van der Waals surface area contributed by atoms with E-state index in [1.54, 1.807) is 23.1 Å². The minimum atomic E-state index is -0.306. The number of para-hydroxylation sites is 1. The number of carbonyl (C=O) groups excluding carboxylic acids is 1. The summed E-state index contributed by atoms with van der Waals surface area (Å²) in [5.74, 6) is 0.543. The maximum absolute atomic E-state index is 13.2. The van der Waals surface area contributed by atoms with E-state index in [4.69, 9.17) is 0 Å². The van der Waals surface area contributed by atoms with Crippen molar-refractivity contribution in [3.63, 3.8) is 0 Å². The molecule has 0 aliphatic rings. The molecule has 1 aromatic heterocycles. The number of carbonyl (C=O) groups is 1. The van der Waals surface area contributed by atoms with Crippen molar-refractivity contribution in [3.05, 3.63) is 73.1 Å². The number of halogens is 1. The first kappa shape index (κ1) is 19.8. The summed E-state index contributed by atoms with van der Waals surface area (Å²) in [5, 5.41) is 9.08. The summed E-state index contributed by atoms with van der Waals surface area (Å²) in [4.78, 5) is 14.5. The highest BCUT2D eigenvalue weighted by molar-refractivity contribution is 7.99. The molecule has 3 rings (SSSR count). The van der Waals surface area contributed by atoms with Crippen LogP contribution in [0.2, 0.25) is 0 Å². The fourth-order valence-electron chi connectivity index (χ4n) is 2.82. The first-order chi connectivity index (χ1) is 13.6. The van der Waals surface area contributed by atoms with Crippen molar-refractivity contribution in [1.82, 2.24) is 14.8 Å². The van der Waals surface area contributed by atoms with Crippen LogP contribution in [0.25, 0.3) is 11.4 Å². The van der Waals surface area contributed by atoms with E-state index >= 15 is 0 Å². The van der Waals surface area contributed by atoms with E-state index < -0.39 is 0 Å². The molecule has 0 N–H and O–H groups in total. The number of rotatable bonds is 8. The number of hydrogen-bond donors (Lipinski definition) is 0. The van der Waals surface area contributed by atoms with Crippen LogP contribution in [0.4, 0.5) is 10.1 Å². The number of thioether (sulfide) groups is 1. The van der Waals surface area contributed by atoms with E-state index in [9.17, 15) is 9.18 Å². The predicted molar refractivity (Wildman–Crippen MR) is 111 cm³/mol. The van der Waals surface area contributed by atoms with Crippen molar-refractivity contribution < 1.29 is 9.18 Å². The van der Waals surface area contributed by atoms with E-state index in [1.807, 2.05) is 41.8 Å². The summed E-state index contributed by atoms with van der Waals surface area (Å²) in [6.07, 6.45) is 1.74. The summed E-state index contributed by atoms with van der Waals surface area (Å²) >= 11 is 1.33. The molecule has 0 aliphatic heterocycles. The van der Waals surface area contributed by atoms with Crippen molar-refractivity contribution in [1.29, 1.82) is 0 Å². The molecule has 0 saturated heterocycles. The quantitative estimate of drug-likeness (QED) is 0.418. The van der Waals surface area contributed by atoms with Gasteiger partial charge in [-0.3, -0.25) is 9.36 Å². The summed E-state index contributed by atoms with van der Waals surface area (Å²) in [6, 6.07) is 15.7. The van der Waals surface area contributed by atoms with Crippen LogP contribution in [0, 0.1) is 5.82 Å². The molecule has 0 fully saturated rings. The molecular weight excluding hydrogens is 375 g/mol. The Bertz CT molecular complexity index is 941. The highest BCUT2D eigenvalue weighted by atomic mass is 32.2. The third-order valence-electron chi connectivity index (χ3n) is 4.14. The lowest BCUT2D eigenvalue weighted by Crippen LogP contribution is -2.32. The Hall–Kier alpha value is -2.93. The van der Waals surface area contributed by atoms with Gasteiger partial charge in [-0.05, 0) is 43.3 Å². The van der Waals surface area contributed by atoms with Crippen LogP contribution >= 0.6 is 11.8 Å². The number of benzene rings is 2. The highest BCUT2D eigenvalue weighted by Crippen LogP contribution is 2.25. The van der Waals surface area contributed by atoms with Crippen LogP contribution in [0.1, 0.15) is 6.92 Å². The van der Waals surface area contributed by atoms with Gasteiger partial charge in [-0.1, -0.05) is 36.0 Å². The van der Waals surface area contributed by atoms with Crippen LogP contribution in [0.3, 0.4) is 0 Å². The van der Waals surface area contributed by atoms with E-state index in [2.05, 4.69) is 16.8 Å². The minimum absolute atomic E-state index is 0.00446. The number of hydrogen-bond acceptors (Lipinski definition) is 4. The van der Waals surface area contributed by atoms with Crippen molar-refractivity contribution in [3.8, 4) is 11.4 Å². The third-order valence-corrected chi connectivity index (χ3v) is 5.09. The predicted octanol–water partition coefficient (Wildman–Crippen LogP) is 4.42. The van der Waals surface area contributed by atoms with Gasteiger partial charge < -0.3 is 4.90 Å². The SMILES string of the molecule is C=CCn1c(SCC(=O)N(CC)c2ccccc2)nnc1-c1ccc(F)cc1. The molecule has 5 nitrogen and oxygen atoms in total. The van der Waals surface area contributed by atoms with Crippen LogP contribution in [0.15, 0.2) is 72.4 Å². The first-order valence-corrected chi connectivity index (χ1v) is 9.90. The van der Waals surface area contributed by atoms with Crippen LogP contribution in [0.5, 0.6) is 0 Å². The molecule has 1 heterocycles. The summed E-state index contributed by atoms with van der Waals surface area (Å²) in [6.45, 7) is 6.81. The van der Waals surface area contributed by atoms with Gasteiger partial charge in [0.2, 0.25) is 5.91 Å². The zero-order valence-corrected chi connectivity index (χ0v) is 16.4. The molecule has 7 heteroatoms. The van der Waals surface area contributed by atoms with Gasteiger partial charge in [0.1, 0.15) is 5.82 Å². The monoisotopic (exact) mass is 396 g/mol. The third kappa shape index (κ3) is 4.48. The average Bonchev–Trinajstić information content (AvgIpc) is 3.11. The lowest BCUT2D eigenvalue weighted by atomic mass is 10.2. The molecule has 3 aromatic rings. The van der Waals surface area contributed by atoms with Gasteiger partial charge >= 0.3 is 0 Å². The lowest BCUT2D eigenvalue weighted by molar-refractivity contribution is -0.116. The van der Waals surface area contributed by atoms with Crippen LogP contribution < -0.4 is 4.90 Å². The van der Waals surface area contributed by atoms with Gasteiger partial charge in [0.25, 0.3) is 0 Å². The Kier molecular flexibility index (Phi) is 6.60. The Morgan fingerprint density at radius 2 is 1.89 bits per heavy atom. The molecule has 1 amide bonds. The Labute approximate surface area is 167 Å². The van der Waals surface area contributed by atoms with E-state index in [1.165, 1.54) is 23.9 Å². The fourth-order valence-corrected chi connectivity index (χ4v) is 3.64. The van der Waals surface area contributed by atoms with Crippen LogP contribution in [-0.2, 0) is 11.3 Å². The van der Waals surface area contributed by atoms with Gasteiger partial charge in [-0.15, -0.1) is 16.8 Å². The maximum Gasteiger partial charge on any atom is 0.237 e. The highest BCUT2D eigenvalue weighted by Gasteiger charge is 2.18. The molecule has 28 heavy (non-hydrogen) atoms. The fraction of sp³-hybridized carbons (Fsp3) is 0.190. The molecule has 0 atom stereocenters. The minimum Gasteiger partial charge on any atom is -0.312 e. The normalized spacial score (nSPS) is 10.6. The Morgan fingerprint density at radius 1 is 1.18 bits per heavy atom. The van der Waals surface area contributed by atoms with Gasteiger partial charge in [0.05, 0.1) is 5.75 Å². The molecule has 0 aliphatic carbocycles. The van der Waals surface area contributed by atoms with E-state index in [0.717, 1.165) is 11.3 Å². The number of allylic oxidation sites excluding steroid dienone is 1. The second-order valence-electron chi connectivity index (χ2n) is 5.97. The number of nitrogens with zero attached hydrogens (tertiary/aromatic N) is 4. The number of anilines is 1. The standard InChI is InChI=1S/C21H21FN4OS/c1-3-14-26-20(16-10-12-17(22)13-11-16)23-24-21(26)28-15-19(27)25(4-2)18-8-6-5-7-9-18/h3,5-13H,1,4,14-15H2,2H3. The zero-order chi connectivity index (χ0) is 19.9. The Morgan fingerprint density at radius 3 is 2.54 bits per heavy atom. The molecule has 0 bridgehead atoms. The lowest BCUT2D eigenvalue weighted by Gasteiger charge is -2.20. The van der Waals surface area contributed by atoms with Crippen molar-refractivity contribution in [2.24, 2.45) is 0 Å². The van der Waals surface area contributed by atoms with E-state index in [-0.39, 0.29) is 17.5 Å². The zero-order valence-electron chi connectivity index (χ0n) is 15.6. The van der Waals surface area contributed by atoms with E-state index in [0.29, 0.717) is 24.1 Å². The van der Waals surface area contributed by atoms with Gasteiger partial charge in [-0.25, -0.2) is 4.39 Å².